The number of hydrogen-bond acceptors (Lipinski definition) is 2. The first kappa shape index (κ1) is 8.72. The Hall–Kier alpha value is -1.57. The van der Waals surface area contributed by atoms with Crippen molar-refractivity contribution in [2.75, 3.05) is 0 Å². The first-order valence-electron chi connectivity index (χ1n) is 5.33. The summed E-state index contributed by atoms with van der Waals surface area (Å²) >= 11 is 0. The summed E-state index contributed by atoms with van der Waals surface area (Å²) in [7, 11) is 0. The van der Waals surface area contributed by atoms with Crippen LogP contribution in [0.3, 0.4) is 0 Å². The van der Waals surface area contributed by atoms with Gasteiger partial charge in [-0.25, -0.2) is 0 Å². The summed E-state index contributed by atoms with van der Waals surface area (Å²) in [5, 5.41) is 0. The van der Waals surface area contributed by atoms with Crippen molar-refractivity contribution in [1.82, 2.24) is 0 Å². The topological polar surface area (TPSA) is 26.3 Å². The second kappa shape index (κ2) is 2.96. The zero-order valence-electron chi connectivity index (χ0n) is 8.62. The minimum atomic E-state index is -0.170. The SMILES string of the molecule is CCC(=O)Oc1ccc2c(c1)C1CC1=C2. The van der Waals surface area contributed by atoms with E-state index >= 15 is 0 Å². The molecule has 2 heteroatoms. The quantitative estimate of drug-likeness (QED) is 0.542. The predicted molar refractivity (Wildman–Crippen MR) is 57.7 cm³/mol. The van der Waals surface area contributed by atoms with Gasteiger partial charge >= 0.3 is 5.97 Å². The highest BCUT2D eigenvalue weighted by Gasteiger charge is 2.37. The van der Waals surface area contributed by atoms with Crippen LogP contribution in [0, 0.1) is 0 Å². The molecule has 0 radical (unpaired) electrons. The van der Waals surface area contributed by atoms with Crippen LogP contribution in [0.5, 0.6) is 5.75 Å². The van der Waals surface area contributed by atoms with Gasteiger partial charge in [0, 0.05) is 12.3 Å². The van der Waals surface area contributed by atoms with Crippen molar-refractivity contribution in [3.63, 3.8) is 0 Å². The number of allylic oxidation sites excluding steroid dienone is 1. The summed E-state index contributed by atoms with van der Waals surface area (Å²) in [5.74, 6) is 1.14. The third-order valence-electron chi connectivity index (χ3n) is 3.02. The molecule has 2 aliphatic carbocycles. The molecule has 0 N–H and O–H groups in total. The van der Waals surface area contributed by atoms with E-state index < -0.39 is 0 Å². The number of ether oxygens (including phenoxy) is 1. The standard InChI is InChI=1S/C13H12O2/c1-2-13(14)15-10-4-3-8-5-9-6-11(9)12(8)7-10/h3-5,7,11H,2,6H2,1H3. The van der Waals surface area contributed by atoms with Gasteiger partial charge in [-0.2, -0.15) is 0 Å². The van der Waals surface area contributed by atoms with E-state index in [2.05, 4.69) is 6.08 Å². The van der Waals surface area contributed by atoms with Gasteiger partial charge in [0.25, 0.3) is 0 Å². The van der Waals surface area contributed by atoms with Crippen LogP contribution in [0.2, 0.25) is 0 Å². The maximum atomic E-state index is 11.1. The van der Waals surface area contributed by atoms with Crippen LogP contribution in [0.15, 0.2) is 23.8 Å². The van der Waals surface area contributed by atoms with E-state index in [1.54, 1.807) is 6.92 Å². The van der Waals surface area contributed by atoms with Crippen molar-refractivity contribution >= 4 is 12.0 Å². The van der Waals surface area contributed by atoms with Crippen molar-refractivity contribution in [3.8, 4) is 5.75 Å². The Morgan fingerprint density at radius 1 is 1.53 bits per heavy atom. The van der Waals surface area contributed by atoms with Gasteiger partial charge in [0.05, 0.1) is 0 Å². The van der Waals surface area contributed by atoms with Crippen molar-refractivity contribution < 1.29 is 9.53 Å². The van der Waals surface area contributed by atoms with Crippen LogP contribution in [0.1, 0.15) is 36.8 Å². The highest BCUT2D eigenvalue weighted by atomic mass is 16.5. The van der Waals surface area contributed by atoms with Crippen molar-refractivity contribution in [1.29, 1.82) is 0 Å². The van der Waals surface area contributed by atoms with Crippen molar-refractivity contribution in [2.45, 2.75) is 25.7 Å². The lowest BCUT2D eigenvalue weighted by Crippen LogP contribution is -2.05. The fourth-order valence-electron chi connectivity index (χ4n) is 2.10. The Balaban J connectivity index is 1.88. The molecule has 3 rings (SSSR count). The number of hydrogen-bond donors (Lipinski definition) is 0. The van der Waals surface area contributed by atoms with Crippen LogP contribution in [0.25, 0.3) is 6.08 Å². The summed E-state index contributed by atoms with van der Waals surface area (Å²) in [6.45, 7) is 1.80. The van der Waals surface area contributed by atoms with Gasteiger partial charge in [0.1, 0.15) is 5.75 Å². The molecular formula is C13H12O2. The third kappa shape index (κ3) is 1.37. The molecule has 1 unspecified atom stereocenters. The molecule has 1 aromatic rings. The average Bonchev–Trinajstić information content (AvgIpc) is 2.93. The highest BCUT2D eigenvalue weighted by Crippen LogP contribution is 2.54. The Labute approximate surface area is 88.6 Å². The van der Waals surface area contributed by atoms with Crippen LogP contribution < -0.4 is 4.74 Å². The molecule has 1 atom stereocenters. The third-order valence-corrected chi connectivity index (χ3v) is 3.02. The van der Waals surface area contributed by atoms with E-state index in [-0.39, 0.29) is 5.97 Å². The molecule has 0 aliphatic heterocycles. The summed E-state index contributed by atoms with van der Waals surface area (Å²) in [4.78, 5) is 11.1. The van der Waals surface area contributed by atoms with E-state index in [9.17, 15) is 4.79 Å². The number of esters is 1. The van der Waals surface area contributed by atoms with Gasteiger partial charge in [-0.15, -0.1) is 0 Å². The second-order valence-electron chi connectivity index (χ2n) is 4.09. The van der Waals surface area contributed by atoms with E-state index in [0.717, 1.165) is 0 Å². The number of rotatable bonds is 2. The van der Waals surface area contributed by atoms with E-state index in [0.29, 0.717) is 18.1 Å². The monoisotopic (exact) mass is 200 g/mol. The van der Waals surface area contributed by atoms with Crippen LogP contribution in [-0.2, 0) is 4.79 Å². The second-order valence-corrected chi connectivity index (χ2v) is 4.09. The summed E-state index contributed by atoms with van der Waals surface area (Å²) < 4.78 is 5.19. The minimum Gasteiger partial charge on any atom is -0.427 e. The maximum Gasteiger partial charge on any atom is 0.310 e. The van der Waals surface area contributed by atoms with Gasteiger partial charge in [-0.05, 0) is 29.7 Å². The van der Waals surface area contributed by atoms with Gasteiger partial charge in [0.15, 0.2) is 0 Å². The zero-order chi connectivity index (χ0) is 10.4. The fourth-order valence-corrected chi connectivity index (χ4v) is 2.10. The molecule has 0 aromatic heterocycles. The molecule has 1 saturated carbocycles. The van der Waals surface area contributed by atoms with Crippen LogP contribution >= 0.6 is 0 Å². The van der Waals surface area contributed by atoms with Crippen molar-refractivity contribution in [3.05, 3.63) is 34.9 Å². The molecule has 0 spiro atoms. The Morgan fingerprint density at radius 2 is 2.40 bits per heavy atom. The predicted octanol–water partition coefficient (Wildman–Crippen LogP) is 2.89. The van der Waals surface area contributed by atoms with Gasteiger partial charge < -0.3 is 4.74 Å². The maximum absolute atomic E-state index is 11.1. The molecule has 0 amide bonds. The molecule has 0 saturated heterocycles. The largest absolute Gasteiger partial charge is 0.427 e. The lowest BCUT2D eigenvalue weighted by Gasteiger charge is -2.06. The fraction of sp³-hybridized carbons (Fsp3) is 0.308. The molecule has 1 fully saturated rings. The van der Waals surface area contributed by atoms with Crippen molar-refractivity contribution in [2.24, 2.45) is 0 Å². The normalized spacial score (nSPS) is 20.3. The lowest BCUT2D eigenvalue weighted by atomic mass is 10.1. The van der Waals surface area contributed by atoms with E-state index in [1.165, 1.54) is 23.1 Å². The molecule has 0 heterocycles. The molecule has 2 aliphatic rings. The van der Waals surface area contributed by atoms with Gasteiger partial charge in [-0.3, -0.25) is 4.79 Å². The molecule has 0 bridgehead atoms. The number of carbonyl (C=O) groups is 1. The van der Waals surface area contributed by atoms with Gasteiger partial charge in [0.2, 0.25) is 0 Å². The van der Waals surface area contributed by atoms with Gasteiger partial charge in [-0.1, -0.05) is 24.6 Å². The van der Waals surface area contributed by atoms with Crippen LogP contribution in [0.4, 0.5) is 0 Å². The molecular weight excluding hydrogens is 188 g/mol. The van der Waals surface area contributed by atoms with Crippen LogP contribution in [-0.4, -0.2) is 5.97 Å². The number of benzene rings is 1. The van der Waals surface area contributed by atoms with E-state index in [1.807, 2.05) is 18.2 Å². The molecule has 2 nitrogen and oxygen atoms in total. The molecule has 15 heavy (non-hydrogen) atoms. The summed E-state index contributed by atoms with van der Waals surface area (Å²) in [6, 6.07) is 5.91. The number of carbonyl (C=O) groups excluding carboxylic acids is 1. The molecule has 1 aromatic carbocycles. The minimum absolute atomic E-state index is 0.170. The zero-order valence-corrected chi connectivity index (χ0v) is 8.62. The molecule has 76 valence electrons. The Morgan fingerprint density at radius 3 is 3.20 bits per heavy atom. The average molecular weight is 200 g/mol. The highest BCUT2D eigenvalue weighted by molar-refractivity contribution is 5.75. The first-order valence-corrected chi connectivity index (χ1v) is 5.33. The Kier molecular flexibility index (Phi) is 1.72. The smallest absolute Gasteiger partial charge is 0.310 e. The van der Waals surface area contributed by atoms with E-state index in [4.69, 9.17) is 4.74 Å². The Bertz CT molecular complexity index is 471. The summed E-state index contributed by atoms with van der Waals surface area (Å²) in [6.07, 6.45) is 3.85. The lowest BCUT2D eigenvalue weighted by molar-refractivity contribution is -0.134. The first-order chi connectivity index (χ1) is 7.28. The summed E-state index contributed by atoms with van der Waals surface area (Å²) in [5.41, 5.74) is 4.13. The number of fused-ring (bicyclic) bond motifs is 3.